The second kappa shape index (κ2) is 3.57. The van der Waals surface area contributed by atoms with Crippen LogP contribution in [0.2, 0.25) is 0 Å². The van der Waals surface area contributed by atoms with Crippen LogP contribution in [-0.2, 0) is 4.74 Å². The molecule has 0 radical (unpaired) electrons. The molecule has 0 fully saturated rings. The summed E-state index contributed by atoms with van der Waals surface area (Å²) in [6, 6.07) is 0. The molecule has 10 heavy (non-hydrogen) atoms. The molecule has 56 valence electrons. The monoisotopic (exact) mass is 138 g/mol. The van der Waals surface area contributed by atoms with E-state index in [0.717, 1.165) is 25.9 Å². The first-order chi connectivity index (χ1) is 4.83. The van der Waals surface area contributed by atoms with Crippen LogP contribution in [0.3, 0.4) is 0 Å². The summed E-state index contributed by atoms with van der Waals surface area (Å²) in [6.07, 6.45) is 5.62. The quantitative estimate of drug-likeness (QED) is 0.532. The molecule has 0 bridgehead atoms. The van der Waals surface area contributed by atoms with Gasteiger partial charge in [0, 0.05) is 7.11 Å². The van der Waals surface area contributed by atoms with Crippen LogP contribution < -0.4 is 0 Å². The molecule has 1 heteroatoms. The first kappa shape index (κ1) is 7.55. The highest BCUT2D eigenvalue weighted by molar-refractivity contribution is 5.18. The first-order valence-electron chi connectivity index (χ1n) is 3.66. The van der Waals surface area contributed by atoms with Crippen molar-refractivity contribution in [3.05, 3.63) is 23.8 Å². The Labute approximate surface area is 62.4 Å². The molecule has 1 aliphatic rings. The van der Waals surface area contributed by atoms with Gasteiger partial charge in [-0.1, -0.05) is 18.2 Å². The van der Waals surface area contributed by atoms with E-state index in [4.69, 9.17) is 4.74 Å². The fourth-order valence-corrected chi connectivity index (χ4v) is 1.26. The number of hydrogen-bond donors (Lipinski definition) is 0. The summed E-state index contributed by atoms with van der Waals surface area (Å²) in [4.78, 5) is 0. The van der Waals surface area contributed by atoms with Gasteiger partial charge < -0.3 is 4.74 Å². The SMILES string of the molecule is C=C1CCC=C(COC)C1. The average molecular weight is 138 g/mol. The summed E-state index contributed by atoms with van der Waals surface area (Å²) >= 11 is 0. The molecule has 0 unspecified atom stereocenters. The number of methoxy groups -OCH3 is 1. The molecule has 1 aliphatic carbocycles. The standard InChI is InChI=1S/C9H14O/c1-8-4-3-5-9(6-8)7-10-2/h5H,1,3-4,6-7H2,2H3. The molecular weight excluding hydrogens is 124 g/mol. The van der Waals surface area contributed by atoms with E-state index in [1.165, 1.54) is 11.1 Å². The molecule has 0 N–H and O–H groups in total. The van der Waals surface area contributed by atoms with Crippen molar-refractivity contribution in [1.29, 1.82) is 0 Å². The van der Waals surface area contributed by atoms with Gasteiger partial charge in [0.1, 0.15) is 0 Å². The van der Waals surface area contributed by atoms with Crippen molar-refractivity contribution in [3.63, 3.8) is 0 Å². The maximum Gasteiger partial charge on any atom is 0.0676 e. The lowest BCUT2D eigenvalue weighted by Crippen LogP contribution is -2.00. The van der Waals surface area contributed by atoms with Crippen LogP contribution in [0.5, 0.6) is 0 Å². The molecule has 0 aromatic carbocycles. The van der Waals surface area contributed by atoms with E-state index in [1.807, 2.05) is 0 Å². The van der Waals surface area contributed by atoms with Crippen molar-refractivity contribution in [2.75, 3.05) is 13.7 Å². The van der Waals surface area contributed by atoms with Crippen molar-refractivity contribution < 1.29 is 4.74 Å². The summed E-state index contributed by atoms with van der Waals surface area (Å²) in [7, 11) is 1.73. The predicted molar refractivity (Wildman–Crippen MR) is 43.0 cm³/mol. The van der Waals surface area contributed by atoms with Crippen LogP contribution in [0.25, 0.3) is 0 Å². The van der Waals surface area contributed by atoms with Crippen LogP contribution >= 0.6 is 0 Å². The van der Waals surface area contributed by atoms with E-state index >= 15 is 0 Å². The Hall–Kier alpha value is -0.560. The maximum atomic E-state index is 5.02. The molecule has 0 spiro atoms. The molecule has 1 nitrogen and oxygen atoms in total. The lowest BCUT2D eigenvalue weighted by molar-refractivity contribution is 0.223. The Morgan fingerprint density at radius 3 is 3.10 bits per heavy atom. The number of hydrogen-bond acceptors (Lipinski definition) is 1. The zero-order valence-corrected chi connectivity index (χ0v) is 6.52. The van der Waals surface area contributed by atoms with Crippen molar-refractivity contribution in [3.8, 4) is 0 Å². The molecular formula is C9H14O. The van der Waals surface area contributed by atoms with Crippen LogP contribution in [0.4, 0.5) is 0 Å². The highest BCUT2D eigenvalue weighted by Crippen LogP contribution is 2.21. The van der Waals surface area contributed by atoms with E-state index in [1.54, 1.807) is 7.11 Å². The second-order valence-corrected chi connectivity index (χ2v) is 2.76. The molecule has 0 saturated carbocycles. The van der Waals surface area contributed by atoms with Crippen LogP contribution in [0, 0.1) is 0 Å². The summed E-state index contributed by atoms with van der Waals surface area (Å²) in [6.45, 7) is 4.73. The van der Waals surface area contributed by atoms with Gasteiger partial charge in [0.2, 0.25) is 0 Å². The summed E-state index contributed by atoms with van der Waals surface area (Å²) in [5, 5.41) is 0. The van der Waals surface area contributed by atoms with Gasteiger partial charge in [-0.3, -0.25) is 0 Å². The van der Waals surface area contributed by atoms with E-state index in [9.17, 15) is 0 Å². The second-order valence-electron chi connectivity index (χ2n) is 2.76. The lowest BCUT2D eigenvalue weighted by atomic mass is 9.96. The van der Waals surface area contributed by atoms with Gasteiger partial charge in [0.25, 0.3) is 0 Å². The summed E-state index contributed by atoms with van der Waals surface area (Å²) in [5.41, 5.74) is 2.73. The van der Waals surface area contributed by atoms with E-state index < -0.39 is 0 Å². The highest BCUT2D eigenvalue weighted by atomic mass is 16.5. The van der Waals surface area contributed by atoms with Crippen LogP contribution in [0.1, 0.15) is 19.3 Å². The summed E-state index contributed by atoms with van der Waals surface area (Å²) < 4.78 is 5.02. The third kappa shape index (κ3) is 1.99. The topological polar surface area (TPSA) is 9.23 Å². The molecule has 0 aromatic heterocycles. The van der Waals surface area contributed by atoms with Crippen molar-refractivity contribution >= 4 is 0 Å². The zero-order chi connectivity index (χ0) is 7.40. The Balaban J connectivity index is 2.43. The Bertz CT molecular complexity index is 156. The third-order valence-electron chi connectivity index (χ3n) is 1.74. The Kier molecular flexibility index (Phi) is 2.69. The van der Waals surface area contributed by atoms with E-state index in [-0.39, 0.29) is 0 Å². The Morgan fingerprint density at radius 1 is 1.70 bits per heavy atom. The van der Waals surface area contributed by atoms with Crippen molar-refractivity contribution in [2.24, 2.45) is 0 Å². The van der Waals surface area contributed by atoms with Gasteiger partial charge in [-0.2, -0.15) is 0 Å². The minimum absolute atomic E-state index is 0.777. The van der Waals surface area contributed by atoms with E-state index in [2.05, 4.69) is 12.7 Å². The van der Waals surface area contributed by atoms with Crippen molar-refractivity contribution in [1.82, 2.24) is 0 Å². The molecule has 0 aromatic rings. The average Bonchev–Trinajstić information content (AvgIpc) is 1.88. The van der Waals surface area contributed by atoms with E-state index in [0.29, 0.717) is 0 Å². The molecule has 0 saturated heterocycles. The third-order valence-corrected chi connectivity index (χ3v) is 1.74. The van der Waals surface area contributed by atoms with Gasteiger partial charge in [-0.05, 0) is 24.8 Å². The fraction of sp³-hybridized carbons (Fsp3) is 0.556. The number of ether oxygens (including phenoxy) is 1. The van der Waals surface area contributed by atoms with Crippen LogP contribution in [0.15, 0.2) is 23.8 Å². The van der Waals surface area contributed by atoms with Gasteiger partial charge in [0.15, 0.2) is 0 Å². The first-order valence-corrected chi connectivity index (χ1v) is 3.66. The van der Waals surface area contributed by atoms with Gasteiger partial charge >= 0.3 is 0 Å². The smallest absolute Gasteiger partial charge is 0.0676 e. The number of rotatable bonds is 2. The normalized spacial score (nSPS) is 18.9. The Morgan fingerprint density at radius 2 is 2.50 bits per heavy atom. The van der Waals surface area contributed by atoms with Crippen molar-refractivity contribution in [2.45, 2.75) is 19.3 Å². The maximum absolute atomic E-state index is 5.02. The fourth-order valence-electron chi connectivity index (χ4n) is 1.26. The zero-order valence-electron chi connectivity index (χ0n) is 6.52. The minimum atomic E-state index is 0.777. The minimum Gasteiger partial charge on any atom is -0.380 e. The lowest BCUT2D eigenvalue weighted by Gasteiger charge is -2.13. The number of allylic oxidation sites excluding steroid dienone is 2. The molecule has 1 rings (SSSR count). The summed E-state index contributed by atoms with van der Waals surface area (Å²) in [5.74, 6) is 0. The molecule has 0 amide bonds. The molecule has 0 atom stereocenters. The predicted octanol–water partition coefficient (Wildman–Crippen LogP) is 2.30. The van der Waals surface area contributed by atoms with Gasteiger partial charge in [-0.15, -0.1) is 0 Å². The van der Waals surface area contributed by atoms with Crippen LogP contribution in [-0.4, -0.2) is 13.7 Å². The molecule has 0 heterocycles. The molecule has 0 aliphatic heterocycles. The van der Waals surface area contributed by atoms with Gasteiger partial charge in [0.05, 0.1) is 6.61 Å². The van der Waals surface area contributed by atoms with Gasteiger partial charge in [-0.25, -0.2) is 0 Å². The largest absolute Gasteiger partial charge is 0.380 e. The highest BCUT2D eigenvalue weighted by Gasteiger charge is 2.05.